The van der Waals surface area contributed by atoms with E-state index >= 15 is 0 Å². The summed E-state index contributed by atoms with van der Waals surface area (Å²) in [5.74, 6) is -0.884. The van der Waals surface area contributed by atoms with Gasteiger partial charge < -0.3 is 20.4 Å². The van der Waals surface area contributed by atoms with Crippen molar-refractivity contribution in [3.63, 3.8) is 0 Å². The lowest BCUT2D eigenvalue weighted by atomic mass is 10.0. The largest absolute Gasteiger partial charge is 0.508 e. The Morgan fingerprint density at radius 3 is 2.58 bits per heavy atom. The normalized spacial score (nSPS) is 20.9. The summed E-state index contributed by atoms with van der Waals surface area (Å²) in [6, 6.07) is 13.0. The molecule has 5 N–H and O–H groups in total. The molecule has 2 aromatic carbocycles. The maximum atomic E-state index is 13.9. The van der Waals surface area contributed by atoms with Gasteiger partial charge in [0.1, 0.15) is 5.75 Å². The number of hydroxylamine groups is 1. The van der Waals surface area contributed by atoms with Gasteiger partial charge in [-0.3, -0.25) is 14.8 Å². The lowest BCUT2D eigenvalue weighted by molar-refractivity contribution is -0.142. The summed E-state index contributed by atoms with van der Waals surface area (Å²) < 4.78 is 0. The highest BCUT2D eigenvalue weighted by molar-refractivity contribution is 5.88. The van der Waals surface area contributed by atoms with Crippen LogP contribution in [0.1, 0.15) is 54.8 Å². The molecule has 2 amide bonds. The second-order valence-electron chi connectivity index (χ2n) is 8.99. The molecule has 2 aromatic rings. The Morgan fingerprint density at radius 1 is 1.09 bits per heavy atom. The first-order valence-corrected chi connectivity index (χ1v) is 11.5. The predicted molar refractivity (Wildman–Crippen MR) is 121 cm³/mol. The van der Waals surface area contributed by atoms with E-state index in [2.05, 4.69) is 5.32 Å². The molecule has 2 aliphatic rings. The van der Waals surface area contributed by atoms with Crippen LogP contribution in [0, 0.1) is 0 Å². The van der Waals surface area contributed by atoms with Crippen molar-refractivity contribution in [2.45, 2.75) is 69.3 Å². The lowest BCUT2D eigenvalue weighted by Crippen LogP contribution is -2.52. The molecule has 0 unspecified atom stereocenters. The van der Waals surface area contributed by atoms with Crippen molar-refractivity contribution in [1.29, 1.82) is 0 Å². The average molecular weight is 454 g/mol. The lowest BCUT2D eigenvalue weighted by Gasteiger charge is -2.35. The van der Waals surface area contributed by atoms with Gasteiger partial charge in [-0.25, -0.2) is 5.48 Å². The van der Waals surface area contributed by atoms with Gasteiger partial charge in [-0.2, -0.15) is 0 Å². The minimum atomic E-state index is -0.850. The second kappa shape index (κ2) is 10.3. The van der Waals surface area contributed by atoms with Crippen LogP contribution in [0.2, 0.25) is 0 Å². The molecule has 1 fully saturated rings. The van der Waals surface area contributed by atoms with Crippen LogP contribution in [-0.4, -0.2) is 50.3 Å². The molecule has 0 spiro atoms. The van der Waals surface area contributed by atoms with Gasteiger partial charge >= 0.3 is 0 Å². The Labute approximate surface area is 193 Å². The van der Waals surface area contributed by atoms with Crippen LogP contribution in [0.15, 0.2) is 48.5 Å². The zero-order chi connectivity index (χ0) is 23.4. The monoisotopic (exact) mass is 453 g/mol. The Bertz CT molecular complexity index is 992. The molecule has 4 rings (SSSR count). The summed E-state index contributed by atoms with van der Waals surface area (Å²) in [7, 11) is 0. The molecule has 33 heavy (non-hydrogen) atoms. The van der Waals surface area contributed by atoms with Gasteiger partial charge in [-0.1, -0.05) is 49.2 Å². The van der Waals surface area contributed by atoms with Crippen LogP contribution in [0.4, 0.5) is 0 Å². The van der Waals surface area contributed by atoms with Crippen molar-refractivity contribution < 1.29 is 25.0 Å². The third-order valence-corrected chi connectivity index (χ3v) is 6.65. The molecule has 8 nitrogen and oxygen atoms in total. The molecule has 0 radical (unpaired) electrons. The van der Waals surface area contributed by atoms with Crippen LogP contribution in [0.3, 0.4) is 0 Å². The van der Waals surface area contributed by atoms with E-state index < -0.39 is 24.1 Å². The number of fused-ring (bicyclic) bond motifs is 1. The van der Waals surface area contributed by atoms with E-state index in [0.717, 1.165) is 36.8 Å². The minimum Gasteiger partial charge on any atom is -0.508 e. The number of amides is 2. The van der Waals surface area contributed by atoms with Crippen molar-refractivity contribution >= 4 is 11.8 Å². The van der Waals surface area contributed by atoms with E-state index in [1.807, 2.05) is 30.3 Å². The molecule has 0 bridgehead atoms. The Morgan fingerprint density at radius 2 is 1.85 bits per heavy atom. The molecule has 0 heterocycles. The number of benzene rings is 2. The van der Waals surface area contributed by atoms with Crippen LogP contribution in [-0.2, 0) is 22.6 Å². The van der Waals surface area contributed by atoms with E-state index in [9.17, 15) is 19.8 Å². The number of carbonyl (C=O) groups excluding carboxylic acids is 2. The summed E-state index contributed by atoms with van der Waals surface area (Å²) in [4.78, 5) is 27.6. The van der Waals surface area contributed by atoms with E-state index in [-0.39, 0.29) is 30.7 Å². The first-order chi connectivity index (χ1) is 16.0. The fraction of sp³-hybridized carbons (Fsp3) is 0.440. The van der Waals surface area contributed by atoms with Crippen LogP contribution < -0.4 is 10.8 Å². The predicted octanol–water partition coefficient (Wildman–Crippen LogP) is 2.18. The van der Waals surface area contributed by atoms with Crippen molar-refractivity contribution in [2.24, 2.45) is 0 Å². The summed E-state index contributed by atoms with van der Waals surface area (Å²) in [6.07, 6.45) is 3.40. The first-order valence-electron chi connectivity index (χ1n) is 11.5. The molecule has 1 saturated carbocycles. The highest BCUT2D eigenvalue weighted by Gasteiger charge is 2.40. The molecular formula is C25H31N3O5. The van der Waals surface area contributed by atoms with Crippen molar-refractivity contribution in [3.8, 4) is 5.75 Å². The molecule has 3 atom stereocenters. The van der Waals surface area contributed by atoms with Crippen LogP contribution in [0.5, 0.6) is 5.75 Å². The van der Waals surface area contributed by atoms with Gasteiger partial charge in [-0.05, 0) is 41.7 Å². The fourth-order valence-electron chi connectivity index (χ4n) is 5.12. The number of phenolic OH excluding ortho intramolecular Hbond substituents is 1. The molecule has 176 valence electrons. The van der Waals surface area contributed by atoms with Gasteiger partial charge in [0.05, 0.1) is 24.6 Å². The Hall–Kier alpha value is -2.94. The van der Waals surface area contributed by atoms with Crippen LogP contribution >= 0.6 is 0 Å². The molecule has 0 saturated heterocycles. The quantitative estimate of drug-likeness (QED) is 0.309. The highest BCUT2D eigenvalue weighted by atomic mass is 16.5. The third kappa shape index (κ3) is 5.35. The zero-order valence-electron chi connectivity index (χ0n) is 18.5. The zero-order valence-corrected chi connectivity index (χ0v) is 18.5. The summed E-state index contributed by atoms with van der Waals surface area (Å²) in [5, 5.41) is 33.3. The topological polar surface area (TPSA) is 122 Å². The number of rotatable bonds is 8. The van der Waals surface area contributed by atoms with Gasteiger partial charge in [0.15, 0.2) is 0 Å². The van der Waals surface area contributed by atoms with Gasteiger partial charge in [0, 0.05) is 19.0 Å². The van der Waals surface area contributed by atoms with E-state index in [1.54, 1.807) is 28.6 Å². The summed E-state index contributed by atoms with van der Waals surface area (Å²) >= 11 is 0. The van der Waals surface area contributed by atoms with Crippen molar-refractivity contribution in [1.82, 2.24) is 15.7 Å². The van der Waals surface area contributed by atoms with E-state index in [0.29, 0.717) is 12.0 Å². The minimum absolute atomic E-state index is 0.0903. The van der Waals surface area contributed by atoms with E-state index in [1.165, 1.54) is 0 Å². The SMILES string of the molecule is O=C(C[C@@H](NC1CCCC1)C(=O)N(Cc1cccc(O)c1)[C@H]1c2ccccc2C[C@H]1O)NO. The smallest absolute Gasteiger partial charge is 0.245 e. The van der Waals surface area contributed by atoms with Gasteiger partial charge in [-0.15, -0.1) is 0 Å². The Kier molecular flexibility index (Phi) is 7.27. The van der Waals surface area contributed by atoms with Crippen molar-refractivity contribution in [2.75, 3.05) is 0 Å². The molecule has 2 aliphatic carbocycles. The second-order valence-corrected chi connectivity index (χ2v) is 8.99. The Balaban J connectivity index is 1.68. The number of aromatic hydroxyl groups is 1. The first kappa shape index (κ1) is 23.2. The highest BCUT2D eigenvalue weighted by Crippen LogP contribution is 2.37. The number of nitrogens with zero attached hydrogens (tertiary/aromatic N) is 1. The summed E-state index contributed by atoms with van der Waals surface area (Å²) in [6.45, 7) is 0.160. The number of phenols is 1. The number of hydrogen-bond donors (Lipinski definition) is 5. The van der Waals surface area contributed by atoms with Crippen LogP contribution in [0.25, 0.3) is 0 Å². The summed E-state index contributed by atoms with van der Waals surface area (Å²) in [5.41, 5.74) is 4.21. The standard InChI is InChI=1S/C25H31N3O5/c29-19-10-5-6-16(12-19)15-28(24-20-11-4-1-7-17(20)13-22(24)30)25(32)21(14-23(31)27-33)26-18-8-2-3-9-18/h1,4-7,10-12,18,21-22,24,26,29-30,33H,2-3,8-9,13-15H2,(H,27,31)/t21-,22-,24+/m1/s1. The number of aliphatic hydroxyl groups excluding tert-OH is 1. The third-order valence-electron chi connectivity index (χ3n) is 6.65. The molecular weight excluding hydrogens is 422 g/mol. The van der Waals surface area contributed by atoms with Crippen molar-refractivity contribution in [3.05, 3.63) is 65.2 Å². The van der Waals surface area contributed by atoms with E-state index in [4.69, 9.17) is 5.21 Å². The molecule has 0 aromatic heterocycles. The average Bonchev–Trinajstić information content (AvgIpc) is 3.43. The molecule has 0 aliphatic heterocycles. The number of nitrogens with one attached hydrogen (secondary N) is 2. The maximum absolute atomic E-state index is 13.9. The van der Waals surface area contributed by atoms with Gasteiger partial charge in [0.25, 0.3) is 0 Å². The molecule has 8 heteroatoms. The number of hydrogen-bond acceptors (Lipinski definition) is 6. The fourth-order valence-corrected chi connectivity index (χ4v) is 5.12. The maximum Gasteiger partial charge on any atom is 0.245 e. The number of carbonyl (C=O) groups is 2. The number of aliphatic hydroxyl groups is 1. The van der Waals surface area contributed by atoms with Gasteiger partial charge in [0.2, 0.25) is 11.8 Å².